The zero-order valence-electron chi connectivity index (χ0n) is 15.2. The van der Waals surface area contributed by atoms with Crippen LogP contribution in [-0.4, -0.2) is 17.9 Å². The average Bonchev–Trinajstić information content (AvgIpc) is 2.65. The molecule has 136 valence electrons. The minimum Gasteiger partial charge on any atom is -0.491 e. The van der Waals surface area contributed by atoms with Crippen LogP contribution in [0.4, 0.5) is 0 Å². The Hall–Kier alpha value is -2.82. The van der Waals surface area contributed by atoms with Crippen molar-refractivity contribution in [2.24, 2.45) is 0 Å². The first kappa shape index (κ1) is 18.0. The van der Waals surface area contributed by atoms with Gasteiger partial charge in [-0.3, -0.25) is 20.4 Å². The maximum absolute atomic E-state index is 12.3. The number of benzene rings is 2. The molecule has 2 aromatic carbocycles. The van der Waals surface area contributed by atoms with Gasteiger partial charge in [-0.2, -0.15) is 0 Å². The van der Waals surface area contributed by atoms with Crippen molar-refractivity contribution >= 4 is 11.8 Å². The van der Waals surface area contributed by atoms with E-state index in [1.807, 2.05) is 32.0 Å². The van der Waals surface area contributed by atoms with Crippen LogP contribution in [-0.2, 0) is 12.8 Å². The van der Waals surface area contributed by atoms with Crippen molar-refractivity contribution in [2.45, 2.75) is 45.6 Å². The van der Waals surface area contributed by atoms with Gasteiger partial charge in [0, 0.05) is 11.1 Å². The normalized spacial score (nSPS) is 13.0. The fourth-order valence-electron chi connectivity index (χ4n) is 3.09. The molecule has 5 nitrogen and oxygen atoms in total. The van der Waals surface area contributed by atoms with E-state index >= 15 is 0 Å². The molecule has 0 aromatic heterocycles. The van der Waals surface area contributed by atoms with Crippen molar-refractivity contribution in [2.75, 3.05) is 0 Å². The Morgan fingerprint density at radius 1 is 0.846 bits per heavy atom. The van der Waals surface area contributed by atoms with Crippen LogP contribution in [0.3, 0.4) is 0 Å². The van der Waals surface area contributed by atoms with E-state index in [9.17, 15) is 9.59 Å². The minimum absolute atomic E-state index is 0.0746. The van der Waals surface area contributed by atoms with E-state index in [2.05, 4.69) is 10.9 Å². The summed E-state index contributed by atoms with van der Waals surface area (Å²) in [5.41, 5.74) is 8.50. The number of hydrogen-bond acceptors (Lipinski definition) is 3. The number of hydrogen-bond donors (Lipinski definition) is 2. The lowest BCUT2D eigenvalue weighted by molar-refractivity contribution is 0.0846. The Morgan fingerprint density at radius 2 is 1.42 bits per heavy atom. The SMILES string of the molecule is CC(C)Oc1ccc(C(=O)NNC(=O)c2ccc3c(c2)CCCC3)cc1. The summed E-state index contributed by atoms with van der Waals surface area (Å²) in [7, 11) is 0. The van der Waals surface area contributed by atoms with Gasteiger partial charge in [-0.25, -0.2) is 0 Å². The molecule has 26 heavy (non-hydrogen) atoms. The van der Waals surface area contributed by atoms with Crippen molar-refractivity contribution < 1.29 is 14.3 Å². The summed E-state index contributed by atoms with van der Waals surface area (Å²) in [6.07, 6.45) is 4.52. The summed E-state index contributed by atoms with van der Waals surface area (Å²) in [4.78, 5) is 24.5. The molecule has 0 fully saturated rings. The van der Waals surface area contributed by atoms with Gasteiger partial charge in [-0.15, -0.1) is 0 Å². The van der Waals surface area contributed by atoms with Gasteiger partial charge in [0.05, 0.1) is 6.10 Å². The number of fused-ring (bicyclic) bond motifs is 1. The van der Waals surface area contributed by atoms with Gasteiger partial charge in [0.25, 0.3) is 11.8 Å². The van der Waals surface area contributed by atoms with Gasteiger partial charge in [0.15, 0.2) is 0 Å². The molecule has 2 N–H and O–H groups in total. The predicted molar refractivity (Wildman–Crippen MR) is 100 cm³/mol. The molecule has 0 atom stereocenters. The molecule has 2 aromatic rings. The van der Waals surface area contributed by atoms with Gasteiger partial charge < -0.3 is 4.74 Å². The van der Waals surface area contributed by atoms with Crippen molar-refractivity contribution in [1.29, 1.82) is 0 Å². The number of carbonyl (C=O) groups excluding carboxylic acids is 2. The van der Waals surface area contributed by atoms with Crippen molar-refractivity contribution in [3.8, 4) is 5.75 Å². The lowest BCUT2D eigenvalue weighted by Gasteiger charge is -2.16. The zero-order valence-corrected chi connectivity index (χ0v) is 15.2. The first-order chi connectivity index (χ1) is 12.5. The monoisotopic (exact) mass is 352 g/mol. The van der Waals surface area contributed by atoms with Gasteiger partial charge in [-0.1, -0.05) is 6.07 Å². The highest BCUT2D eigenvalue weighted by atomic mass is 16.5. The number of nitrogens with one attached hydrogen (secondary N) is 2. The van der Waals surface area contributed by atoms with E-state index in [1.165, 1.54) is 17.5 Å². The van der Waals surface area contributed by atoms with Crippen LogP contribution in [0, 0.1) is 0 Å². The highest BCUT2D eigenvalue weighted by Gasteiger charge is 2.14. The molecule has 0 unspecified atom stereocenters. The lowest BCUT2D eigenvalue weighted by atomic mass is 9.90. The summed E-state index contributed by atoms with van der Waals surface area (Å²) < 4.78 is 5.55. The Morgan fingerprint density at radius 3 is 2.08 bits per heavy atom. The fraction of sp³-hybridized carbons (Fsp3) is 0.333. The van der Waals surface area contributed by atoms with Crippen molar-refractivity contribution in [3.05, 3.63) is 64.7 Å². The second-order valence-electron chi connectivity index (χ2n) is 6.79. The van der Waals surface area contributed by atoms with Gasteiger partial charge in [0.1, 0.15) is 5.75 Å². The van der Waals surface area contributed by atoms with E-state index < -0.39 is 0 Å². The molecule has 0 radical (unpaired) electrons. The van der Waals surface area contributed by atoms with Crippen LogP contribution in [0.25, 0.3) is 0 Å². The minimum atomic E-state index is -0.368. The maximum Gasteiger partial charge on any atom is 0.269 e. The number of rotatable bonds is 4. The number of amides is 2. The molecule has 1 aliphatic rings. The Kier molecular flexibility index (Phi) is 5.56. The van der Waals surface area contributed by atoms with Gasteiger partial charge in [-0.05, 0) is 87.1 Å². The third-order valence-electron chi connectivity index (χ3n) is 4.39. The molecule has 1 aliphatic carbocycles. The Balaban J connectivity index is 1.58. The Bertz CT molecular complexity index is 797. The average molecular weight is 352 g/mol. The maximum atomic E-state index is 12.3. The van der Waals surface area contributed by atoms with E-state index in [1.54, 1.807) is 24.3 Å². The van der Waals surface area contributed by atoms with Crippen LogP contribution in [0.15, 0.2) is 42.5 Å². The standard InChI is InChI=1S/C21H24N2O3/c1-14(2)26-19-11-9-16(10-12-19)20(24)22-23-21(25)18-8-7-15-5-3-4-6-17(15)13-18/h7-14H,3-6H2,1-2H3,(H,22,24)(H,23,25). The van der Waals surface area contributed by atoms with Gasteiger partial charge in [0.2, 0.25) is 0 Å². The van der Waals surface area contributed by atoms with Crippen molar-refractivity contribution in [3.63, 3.8) is 0 Å². The summed E-state index contributed by atoms with van der Waals surface area (Å²) >= 11 is 0. The first-order valence-electron chi connectivity index (χ1n) is 9.02. The molecule has 0 saturated carbocycles. The smallest absolute Gasteiger partial charge is 0.269 e. The molecule has 2 amide bonds. The van der Waals surface area contributed by atoms with Gasteiger partial charge >= 0.3 is 0 Å². The first-order valence-corrected chi connectivity index (χ1v) is 9.02. The molecule has 0 aliphatic heterocycles. The van der Waals surface area contributed by atoms with E-state index in [0.717, 1.165) is 19.3 Å². The molecular weight excluding hydrogens is 328 g/mol. The number of hydrazine groups is 1. The predicted octanol–water partition coefficient (Wildman–Crippen LogP) is 3.43. The summed E-state index contributed by atoms with van der Waals surface area (Å²) in [6.45, 7) is 3.88. The van der Waals surface area contributed by atoms with Crippen LogP contribution >= 0.6 is 0 Å². The molecule has 3 rings (SSSR count). The number of aryl methyl sites for hydroxylation is 2. The summed E-state index contributed by atoms with van der Waals surface area (Å²) in [5.74, 6) is 0.0218. The molecule has 0 bridgehead atoms. The second-order valence-corrected chi connectivity index (χ2v) is 6.79. The number of ether oxygens (including phenoxy) is 1. The van der Waals surface area contributed by atoms with Crippen LogP contribution in [0.5, 0.6) is 5.75 Å². The topological polar surface area (TPSA) is 67.4 Å². The molecule has 0 spiro atoms. The fourth-order valence-corrected chi connectivity index (χ4v) is 3.09. The second kappa shape index (κ2) is 8.04. The lowest BCUT2D eigenvalue weighted by Crippen LogP contribution is -2.41. The quantitative estimate of drug-likeness (QED) is 0.829. The number of carbonyl (C=O) groups is 2. The zero-order chi connectivity index (χ0) is 18.5. The van der Waals surface area contributed by atoms with E-state index in [0.29, 0.717) is 16.9 Å². The third kappa shape index (κ3) is 4.42. The highest BCUT2D eigenvalue weighted by Crippen LogP contribution is 2.22. The van der Waals surface area contributed by atoms with E-state index in [-0.39, 0.29) is 17.9 Å². The van der Waals surface area contributed by atoms with E-state index in [4.69, 9.17) is 4.74 Å². The molecule has 0 saturated heterocycles. The molecular formula is C21H24N2O3. The van der Waals surface area contributed by atoms with Crippen LogP contribution < -0.4 is 15.6 Å². The Labute approximate surface area is 153 Å². The van der Waals surface area contributed by atoms with Crippen LogP contribution in [0.2, 0.25) is 0 Å². The molecule has 5 heteroatoms. The largest absolute Gasteiger partial charge is 0.491 e. The summed E-state index contributed by atoms with van der Waals surface area (Å²) in [5, 5.41) is 0. The highest BCUT2D eigenvalue weighted by molar-refractivity contribution is 5.99. The summed E-state index contributed by atoms with van der Waals surface area (Å²) in [6, 6.07) is 12.5. The van der Waals surface area contributed by atoms with Crippen LogP contribution in [0.1, 0.15) is 58.5 Å². The van der Waals surface area contributed by atoms with Crippen molar-refractivity contribution in [1.82, 2.24) is 10.9 Å². The third-order valence-corrected chi connectivity index (χ3v) is 4.39. The molecule has 0 heterocycles.